The molecule has 0 aromatic carbocycles. The summed E-state index contributed by atoms with van der Waals surface area (Å²) in [5.41, 5.74) is 0.665. The summed E-state index contributed by atoms with van der Waals surface area (Å²) < 4.78 is 0. The van der Waals surface area contributed by atoms with Gasteiger partial charge in [0.2, 0.25) is 0 Å². The first-order valence-corrected chi connectivity index (χ1v) is 4.59. The van der Waals surface area contributed by atoms with Gasteiger partial charge in [0.05, 0.1) is 23.8 Å². The van der Waals surface area contributed by atoms with Crippen molar-refractivity contribution in [1.29, 1.82) is 0 Å². The monoisotopic (exact) mass is 206 g/mol. The lowest BCUT2D eigenvalue weighted by atomic mass is 10.2. The maximum absolute atomic E-state index is 11.8. The number of carbonyl (C=O) groups excluding carboxylic acids is 2. The van der Waals surface area contributed by atoms with Crippen LogP contribution in [0, 0.1) is 0 Å². The molecule has 2 amide bonds. The van der Waals surface area contributed by atoms with Crippen LogP contribution in [0.4, 0.5) is 0 Å². The van der Waals surface area contributed by atoms with Gasteiger partial charge in [-0.1, -0.05) is 0 Å². The SMILES string of the molecule is CC(CO)N1C(=O)c2ccncc2C1=O. The van der Waals surface area contributed by atoms with Gasteiger partial charge in [0.1, 0.15) is 0 Å². The maximum atomic E-state index is 11.8. The highest BCUT2D eigenvalue weighted by molar-refractivity contribution is 6.21. The highest BCUT2D eigenvalue weighted by Gasteiger charge is 2.38. The van der Waals surface area contributed by atoms with Gasteiger partial charge in [0, 0.05) is 12.4 Å². The molecule has 0 radical (unpaired) electrons. The van der Waals surface area contributed by atoms with E-state index >= 15 is 0 Å². The maximum Gasteiger partial charge on any atom is 0.263 e. The van der Waals surface area contributed by atoms with Gasteiger partial charge >= 0.3 is 0 Å². The number of pyridine rings is 1. The summed E-state index contributed by atoms with van der Waals surface area (Å²) in [4.78, 5) is 28.4. The van der Waals surface area contributed by atoms with E-state index in [2.05, 4.69) is 4.98 Å². The molecule has 0 spiro atoms. The Bertz CT molecular complexity index is 395. The number of hydrogen-bond donors (Lipinski definition) is 1. The van der Waals surface area contributed by atoms with Crippen LogP contribution in [0.25, 0.3) is 0 Å². The molecule has 2 heterocycles. The standard InChI is InChI=1S/C10H10N2O3/c1-6(5-13)12-9(14)7-2-3-11-4-8(7)10(12)15/h2-4,6,13H,5H2,1H3. The van der Waals surface area contributed by atoms with Crippen LogP contribution in [0.5, 0.6) is 0 Å². The zero-order valence-corrected chi connectivity index (χ0v) is 8.17. The van der Waals surface area contributed by atoms with Crippen LogP contribution in [-0.4, -0.2) is 39.5 Å². The van der Waals surface area contributed by atoms with Crippen LogP contribution in [0.2, 0.25) is 0 Å². The number of aliphatic hydroxyl groups excluding tert-OH is 1. The molecule has 1 aromatic rings. The summed E-state index contributed by atoms with van der Waals surface area (Å²) in [6.07, 6.45) is 2.84. The van der Waals surface area contributed by atoms with Crippen molar-refractivity contribution in [2.24, 2.45) is 0 Å². The first-order chi connectivity index (χ1) is 7.16. The Morgan fingerprint density at radius 3 is 2.67 bits per heavy atom. The predicted octanol–water partition coefficient (Wildman–Crippen LogP) is 0.0584. The van der Waals surface area contributed by atoms with Crippen LogP contribution in [-0.2, 0) is 0 Å². The van der Waals surface area contributed by atoms with E-state index in [1.807, 2.05) is 0 Å². The molecular formula is C10H10N2O3. The molecule has 2 rings (SSSR count). The van der Waals surface area contributed by atoms with E-state index in [4.69, 9.17) is 5.11 Å². The van der Waals surface area contributed by atoms with Gasteiger partial charge in [-0.25, -0.2) is 0 Å². The molecule has 5 nitrogen and oxygen atoms in total. The predicted molar refractivity (Wildman–Crippen MR) is 51.3 cm³/mol. The third kappa shape index (κ3) is 1.32. The van der Waals surface area contributed by atoms with Crippen molar-refractivity contribution >= 4 is 11.8 Å². The molecule has 0 saturated heterocycles. The molecule has 5 heteroatoms. The van der Waals surface area contributed by atoms with E-state index in [0.29, 0.717) is 11.1 Å². The summed E-state index contributed by atoms with van der Waals surface area (Å²) in [6, 6.07) is 1.01. The summed E-state index contributed by atoms with van der Waals surface area (Å²) in [5.74, 6) is -0.747. The van der Waals surface area contributed by atoms with Crippen molar-refractivity contribution in [2.75, 3.05) is 6.61 Å². The van der Waals surface area contributed by atoms with Crippen LogP contribution < -0.4 is 0 Å². The molecular weight excluding hydrogens is 196 g/mol. The minimum Gasteiger partial charge on any atom is -0.394 e. The van der Waals surface area contributed by atoms with Crippen LogP contribution in [0.1, 0.15) is 27.6 Å². The lowest BCUT2D eigenvalue weighted by Gasteiger charge is -2.19. The van der Waals surface area contributed by atoms with Crippen molar-refractivity contribution in [3.63, 3.8) is 0 Å². The molecule has 15 heavy (non-hydrogen) atoms. The Hall–Kier alpha value is -1.75. The lowest BCUT2D eigenvalue weighted by molar-refractivity contribution is 0.0537. The number of nitrogens with zero attached hydrogens (tertiary/aromatic N) is 2. The summed E-state index contributed by atoms with van der Waals surface area (Å²) in [6.45, 7) is 1.38. The fourth-order valence-electron chi connectivity index (χ4n) is 1.59. The minimum atomic E-state index is -0.502. The molecule has 0 aliphatic carbocycles. The highest BCUT2D eigenvalue weighted by Crippen LogP contribution is 2.23. The first-order valence-electron chi connectivity index (χ1n) is 4.59. The van der Waals surface area contributed by atoms with Crippen molar-refractivity contribution in [3.8, 4) is 0 Å². The fourth-order valence-corrected chi connectivity index (χ4v) is 1.59. The molecule has 78 valence electrons. The molecule has 1 aromatic heterocycles. The number of carbonyl (C=O) groups is 2. The number of amides is 2. The number of aliphatic hydroxyl groups is 1. The van der Waals surface area contributed by atoms with Gasteiger partial charge in [-0.05, 0) is 13.0 Å². The average molecular weight is 206 g/mol. The van der Waals surface area contributed by atoms with E-state index < -0.39 is 6.04 Å². The van der Waals surface area contributed by atoms with Crippen molar-refractivity contribution < 1.29 is 14.7 Å². The quantitative estimate of drug-likeness (QED) is 0.694. The Labute approximate surface area is 86.3 Å². The van der Waals surface area contributed by atoms with Crippen molar-refractivity contribution in [1.82, 2.24) is 9.88 Å². The van der Waals surface area contributed by atoms with E-state index in [9.17, 15) is 9.59 Å². The zero-order valence-electron chi connectivity index (χ0n) is 8.17. The Morgan fingerprint density at radius 2 is 2.07 bits per heavy atom. The molecule has 0 bridgehead atoms. The number of aromatic nitrogens is 1. The summed E-state index contributed by atoms with van der Waals surface area (Å²) >= 11 is 0. The molecule has 1 aliphatic rings. The Morgan fingerprint density at radius 1 is 1.40 bits per heavy atom. The minimum absolute atomic E-state index is 0.237. The van der Waals surface area contributed by atoms with Gasteiger partial charge in [0.15, 0.2) is 0 Å². The second-order valence-corrected chi connectivity index (χ2v) is 3.43. The topological polar surface area (TPSA) is 70.5 Å². The molecule has 0 fully saturated rings. The second-order valence-electron chi connectivity index (χ2n) is 3.43. The summed E-state index contributed by atoms with van der Waals surface area (Å²) in [5, 5.41) is 8.95. The zero-order chi connectivity index (χ0) is 11.0. The smallest absolute Gasteiger partial charge is 0.263 e. The normalized spacial score (nSPS) is 16.8. The van der Waals surface area contributed by atoms with Crippen LogP contribution >= 0.6 is 0 Å². The number of imide groups is 1. The van der Waals surface area contributed by atoms with Crippen LogP contribution in [0.15, 0.2) is 18.5 Å². The molecule has 1 N–H and O–H groups in total. The number of fused-ring (bicyclic) bond motifs is 1. The first kappa shape index (κ1) is 9.79. The van der Waals surface area contributed by atoms with E-state index in [0.717, 1.165) is 4.90 Å². The lowest BCUT2D eigenvalue weighted by Crippen LogP contribution is -2.40. The van der Waals surface area contributed by atoms with Gasteiger partial charge in [0.25, 0.3) is 11.8 Å². The molecule has 1 atom stereocenters. The highest BCUT2D eigenvalue weighted by atomic mass is 16.3. The van der Waals surface area contributed by atoms with E-state index in [-0.39, 0.29) is 18.4 Å². The largest absolute Gasteiger partial charge is 0.394 e. The van der Waals surface area contributed by atoms with Gasteiger partial charge in [-0.2, -0.15) is 0 Å². The number of rotatable bonds is 2. The third-order valence-corrected chi connectivity index (χ3v) is 2.42. The second kappa shape index (κ2) is 3.43. The van der Waals surface area contributed by atoms with E-state index in [1.165, 1.54) is 18.5 Å². The van der Waals surface area contributed by atoms with Crippen molar-refractivity contribution in [3.05, 3.63) is 29.6 Å². The molecule has 1 aliphatic heterocycles. The van der Waals surface area contributed by atoms with Gasteiger partial charge in [-0.15, -0.1) is 0 Å². The Balaban J connectivity index is 2.45. The molecule has 1 unspecified atom stereocenters. The van der Waals surface area contributed by atoms with Gasteiger partial charge < -0.3 is 5.11 Å². The Kier molecular flexibility index (Phi) is 2.24. The number of hydrogen-bond acceptors (Lipinski definition) is 4. The van der Waals surface area contributed by atoms with E-state index in [1.54, 1.807) is 6.92 Å². The van der Waals surface area contributed by atoms with Gasteiger partial charge in [-0.3, -0.25) is 19.5 Å². The summed E-state index contributed by atoms with van der Waals surface area (Å²) in [7, 11) is 0. The van der Waals surface area contributed by atoms with Crippen LogP contribution in [0.3, 0.4) is 0 Å². The third-order valence-electron chi connectivity index (χ3n) is 2.42. The average Bonchev–Trinajstić information content (AvgIpc) is 2.52. The molecule has 0 saturated carbocycles. The van der Waals surface area contributed by atoms with Crippen molar-refractivity contribution in [2.45, 2.75) is 13.0 Å². The fraction of sp³-hybridized carbons (Fsp3) is 0.300.